The van der Waals surface area contributed by atoms with E-state index in [1.165, 1.54) is 44.9 Å². The molecular formula is C17H33NO2. The quantitative estimate of drug-likeness (QED) is 0.657. The molecule has 1 N–H and O–H groups in total. The molecule has 0 aromatic rings. The molecule has 1 spiro atoms. The van der Waals surface area contributed by atoms with Crippen molar-refractivity contribution in [3.8, 4) is 0 Å². The molecule has 118 valence electrons. The fourth-order valence-corrected chi connectivity index (χ4v) is 3.96. The Bertz CT molecular complexity index is 264. The minimum Gasteiger partial charge on any atom is -0.379 e. The van der Waals surface area contributed by atoms with E-state index in [-0.39, 0.29) is 0 Å². The first-order chi connectivity index (χ1) is 9.83. The smallest absolute Gasteiger partial charge is 0.0704 e. The predicted molar refractivity (Wildman–Crippen MR) is 83.1 cm³/mol. The van der Waals surface area contributed by atoms with Gasteiger partial charge in [0, 0.05) is 18.1 Å². The number of nitrogens with one attached hydrogen (secondary N) is 1. The van der Waals surface area contributed by atoms with Gasteiger partial charge in [0.05, 0.1) is 19.3 Å². The topological polar surface area (TPSA) is 30.5 Å². The number of hydrogen-bond donors (Lipinski definition) is 1. The summed E-state index contributed by atoms with van der Waals surface area (Å²) >= 11 is 0. The van der Waals surface area contributed by atoms with Crippen molar-refractivity contribution in [1.82, 2.24) is 5.32 Å². The molecule has 0 aromatic heterocycles. The molecule has 2 atom stereocenters. The van der Waals surface area contributed by atoms with Crippen LogP contribution in [0.3, 0.4) is 0 Å². The molecule has 2 fully saturated rings. The van der Waals surface area contributed by atoms with Gasteiger partial charge < -0.3 is 14.8 Å². The van der Waals surface area contributed by atoms with E-state index in [1.54, 1.807) is 0 Å². The first-order valence-electron chi connectivity index (χ1n) is 8.76. The van der Waals surface area contributed by atoms with Crippen LogP contribution in [-0.2, 0) is 9.47 Å². The Labute approximate surface area is 124 Å². The highest BCUT2D eigenvalue weighted by Crippen LogP contribution is 2.53. The minimum atomic E-state index is 0.443. The molecule has 0 heterocycles. The highest BCUT2D eigenvalue weighted by atomic mass is 16.5. The van der Waals surface area contributed by atoms with Crippen LogP contribution in [0.4, 0.5) is 0 Å². The lowest BCUT2D eigenvalue weighted by atomic mass is 9.55. The molecule has 0 aliphatic heterocycles. The van der Waals surface area contributed by atoms with E-state index in [0.717, 1.165) is 32.8 Å². The lowest BCUT2D eigenvalue weighted by Gasteiger charge is -2.58. The Balaban J connectivity index is 1.77. The second-order valence-electron chi connectivity index (χ2n) is 6.51. The van der Waals surface area contributed by atoms with E-state index in [2.05, 4.69) is 19.2 Å². The van der Waals surface area contributed by atoms with Crippen LogP contribution >= 0.6 is 0 Å². The molecule has 0 bridgehead atoms. The van der Waals surface area contributed by atoms with Crippen LogP contribution in [0.15, 0.2) is 0 Å². The van der Waals surface area contributed by atoms with Gasteiger partial charge >= 0.3 is 0 Å². The SMILES string of the molecule is CCCNC1CC(OCCOCCC)C12CCCCC2. The Morgan fingerprint density at radius 3 is 2.50 bits per heavy atom. The highest BCUT2D eigenvalue weighted by Gasteiger charge is 2.55. The molecule has 3 heteroatoms. The average molecular weight is 283 g/mol. The lowest BCUT2D eigenvalue weighted by molar-refractivity contribution is -0.159. The van der Waals surface area contributed by atoms with Crippen molar-refractivity contribution in [1.29, 1.82) is 0 Å². The number of ether oxygens (including phenoxy) is 2. The van der Waals surface area contributed by atoms with Gasteiger partial charge in [-0.25, -0.2) is 0 Å². The van der Waals surface area contributed by atoms with Crippen LogP contribution in [0.2, 0.25) is 0 Å². The molecule has 2 unspecified atom stereocenters. The Kier molecular flexibility index (Phi) is 6.79. The molecule has 3 nitrogen and oxygen atoms in total. The third-order valence-corrected chi connectivity index (χ3v) is 5.11. The summed E-state index contributed by atoms with van der Waals surface area (Å²) in [6.45, 7) is 7.94. The van der Waals surface area contributed by atoms with Crippen LogP contribution in [-0.4, -0.2) is 38.5 Å². The van der Waals surface area contributed by atoms with E-state index < -0.39 is 0 Å². The molecule has 2 aliphatic rings. The molecular weight excluding hydrogens is 250 g/mol. The summed E-state index contributed by atoms with van der Waals surface area (Å²) in [6, 6.07) is 0.698. The van der Waals surface area contributed by atoms with Gasteiger partial charge in [-0.2, -0.15) is 0 Å². The molecule has 2 saturated carbocycles. The zero-order chi connectivity index (χ0) is 14.3. The maximum atomic E-state index is 6.16. The number of hydrogen-bond acceptors (Lipinski definition) is 3. The summed E-state index contributed by atoms with van der Waals surface area (Å²) in [5.74, 6) is 0. The molecule has 0 aromatic carbocycles. The first-order valence-corrected chi connectivity index (χ1v) is 8.76. The number of rotatable bonds is 9. The van der Waals surface area contributed by atoms with Crippen LogP contribution in [0.25, 0.3) is 0 Å². The van der Waals surface area contributed by atoms with Crippen LogP contribution in [0.5, 0.6) is 0 Å². The van der Waals surface area contributed by atoms with E-state index in [9.17, 15) is 0 Å². The van der Waals surface area contributed by atoms with E-state index in [0.29, 0.717) is 17.6 Å². The molecule has 0 saturated heterocycles. The van der Waals surface area contributed by atoms with Crippen LogP contribution < -0.4 is 5.32 Å². The highest BCUT2D eigenvalue weighted by molar-refractivity contribution is 5.08. The normalized spacial score (nSPS) is 28.5. The van der Waals surface area contributed by atoms with Gasteiger partial charge in [-0.1, -0.05) is 33.1 Å². The third-order valence-electron chi connectivity index (χ3n) is 5.11. The van der Waals surface area contributed by atoms with Gasteiger partial charge in [-0.15, -0.1) is 0 Å². The summed E-state index contributed by atoms with van der Waals surface area (Å²) in [4.78, 5) is 0. The van der Waals surface area contributed by atoms with Crippen molar-refractivity contribution in [3.05, 3.63) is 0 Å². The standard InChI is InChI=1S/C17H33NO2/c1-3-10-18-15-14-16(20-13-12-19-11-4-2)17(15)8-6-5-7-9-17/h15-16,18H,3-14H2,1-2H3. The van der Waals surface area contributed by atoms with Gasteiger partial charge in [0.25, 0.3) is 0 Å². The lowest BCUT2D eigenvalue weighted by Crippen LogP contribution is -2.64. The van der Waals surface area contributed by atoms with Gasteiger partial charge in [-0.3, -0.25) is 0 Å². The maximum Gasteiger partial charge on any atom is 0.0704 e. The Morgan fingerprint density at radius 1 is 1.00 bits per heavy atom. The monoisotopic (exact) mass is 283 g/mol. The molecule has 20 heavy (non-hydrogen) atoms. The summed E-state index contributed by atoms with van der Waals surface area (Å²) in [5.41, 5.74) is 0.443. The predicted octanol–water partition coefficient (Wildman–Crippen LogP) is 3.52. The maximum absolute atomic E-state index is 6.16. The molecule has 2 rings (SSSR count). The Morgan fingerprint density at radius 2 is 1.80 bits per heavy atom. The van der Waals surface area contributed by atoms with Crippen molar-refractivity contribution in [2.75, 3.05) is 26.4 Å². The Hall–Kier alpha value is -0.120. The molecule has 0 radical (unpaired) electrons. The molecule has 2 aliphatic carbocycles. The van der Waals surface area contributed by atoms with Crippen molar-refractivity contribution in [3.63, 3.8) is 0 Å². The van der Waals surface area contributed by atoms with Gasteiger partial charge in [0.15, 0.2) is 0 Å². The summed E-state index contributed by atoms with van der Waals surface area (Å²) < 4.78 is 11.7. The van der Waals surface area contributed by atoms with Crippen LogP contribution in [0, 0.1) is 5.41 Å². The second kappa shape index (κ2) is 8.35. The van der Waals surface area contributed by atoms with Crippen LogP contribution in [0.1, 0.15) is 65.2 Å². The fraction of sp³-hybridized carbons (Fsp3) is 1.00. The van der Waals surface area contributed by atoms with Crippen molar-refractivity contribution >= 4 is 0 Å². The largest absolute Gasteiger partial charge is 0.379 e. The van der Waals surface area contributed by atoms with E-state index in [1.807, 2.05) is 0 Å². The molecule has 0 amide bonds. The van der Waals surface area contributed by atoms with Gasteiger partial charge in [0.2, 0.25) is 0 Å². The summed E-state index contributed by atoms with van der Waals surface area (Å²) in [7, 11) is 0. The van der Waals surface area contributed by atoms with Crippen molar-refractivity contribution in [2.24, 2.45) is 5.41 Å². The van der Waals surface area contributed by atoms with Crippen molar-refractivity contribution < 1.29 is 9.47 Å². The minimum absolute atomic E-state index is 0.443. The summed E-state index contributed by atoms with van der Waals surface area (Å²) in [6.07, 6.45) is 10.9. The van der Waals surface area contributed by atoms with Crippen molar-refractivity contribution in [2.45, 2.75) is 77.4 Å². The van der Waals surface area contributed by atoms with E-state index in [4.69, 9.17) is 9.47 Å². The van der Waals surface area contributed by atoms with Gasteiger partial charge in [-0.05, 0) is 38.6 Å². The summed E-state index contributed by atoms with van der Waals surface area (Å²) in [5, 5.41) is 3.76. The van der Waals surface area contributed by atoms with Gasteiger partial charge in [0.1, 0.15) is 0 Å². The average Bonchev–Trinajstić information content (AvgIpc) is 2.49. The third kappa shape index (κ3) is 3.75. The zero-order valence-electron chi connectivity index (χ0n) is 13.5. The fourth-order valence-electron chi connectivity index (χ4n) is 3.96. The van der Waals surface area contributed by atoms with E-state index >= 15 is 0 Å². The zero-order valence-corrected chi connectivity index (χ0v) is 13.5. The first kappa shape index (κ1) is 16.3. The second-order valence-corrected chi connectivity index (χ2v) is 6.51.